The summed E-state index contributed by atoms with van der Waals surface area (Å²) >= 11 is 1.45. The van der Waals surface area contributed by atoms with Crippen LogP contribution in [0, 0.1) is 0 Å². The van der Waals surface area contributed by atoms with E-state index in [0.29, 0.717) is 16.1 Å². The van der Waals surface area contributed by atoms with E-state index in [1.54, 1.807) is 36.4 Å². The zero-order chi connectivity index (χ0) is 22.0. The number of carbonyl (C=O) groups is 1. The summed E-state index contributed by atoms with van der Waals surface area (Å²) in [4.78, 5) is 17.9. The number of fused-ring (bicyclic) bond motifs is 1. The van der Waals surface area contributed by atoms with Gasteiger partial charge in [-0.2, -0.15) is 4.99 Å². The zero-order valence-electron chi connectivity index (χ0n) is 17.1. The second-order valence-electron chi connectivity index (χ2n) is 6.98. The molecule has 8 heteroatoms. The van der Waals surface area contributed by atoms with Crippen LogP contribution in [0.15, 0.2) is 82.7 Å². The fourth-order valence-corrected chi connectivity index (χ4v) is 5.49. The van der Waals surface area contributed by atoms with E-state index in [0.717, 1.165) is 16.6 Å². The van der Waals surface area contributed by atoms with Crippen molar-refractivity contribution in [3.8, 4) is 0 Å². The van der Waals surface area contributed by atoms with Gasteiger partial charge in [0.2, 0.25) is 0 Å². The molecule has 0 unspecified atom stereocenters. The van der Waals surface area contributed by atoms with Gasteiger partial charge in [0.25, 0.3) is 15.9 Å². The van der Waals surface area contributed by atoms with Crippen molar-refractivity contribution in [2.24, 2.45) is 12.0 Å². The van der Waals surface area contributed by atoms with Crippen molar-refractivity contribution in [3.63, 3.8) is 0 Å². The molecule has 1 aromatic heterocycles. The van der Waals surface area contributed by atoms with Gasteiger partial charge in [0.15, 0.2) is 4.80 Å². The molecule has 6 nitrogen and oxygen atoms in total. The molecule has 0 fully saturated rings. The number of hydrogen-bond donors (Lipinski definition) is 1. The summed E-state index contributed by atoms with van der Waals surface area (Å²) < 4.78 is 30.6. The average Bonchev–Trinajstić information content (AvgIpc) is 3.09. The summed E-state index contributed by atoms with van der Waals surface area (Å²) in [7, 11) is -1.84. The van der Waals surface area contributed by atoms with Gasteiger partial charge < -0.3 is 4.57 Å². The number of thiazole rings is 1. The molecule has 31 heavy (non-hydrogen) atoms. The maximum absolute atomic E-state index is 12.8. The number of amides is 1. The van der Waals surface area contributed by atoms with Gasteiger partial charge >= 0.3 is 0 Å². The topological polar surface area (TPSA) is 80.5 Å². The van der Waals surface area contributed by atoms with Crippen LogP contribution in [0.3, 0.4) is 0 Å². The molecule has 0 bridgehead atoms. The number of nitrogens with one attached hydrogen (secondary N) is 1. The van der Waals surface area contributed by atoms with Crippen molar-refractivity contribution in [2.75, 3.05) is 4.72 Å². The number of carbonyl (C=O) groups excluding carboxylic acids is 1. The van der Waals surface area contributed by atoms with Crippen LogP contribution in [-0.2, 0) is 23.5 Å². The number of para-hydroxylation sites is 1. The molecule has 0 aliphatic rings. The monoisotopic (exact) mass is 451 g/mol. The fourth-order valence-electron chi connectivity index (χ4n) is 3.36. The standard InChI is InChI=1S/C23H21N3O3S2/c1-3-16-9-8-14-20-21(16)26(2)23(30-20)24-22(27)17-10-7-11-18(15-17)25-31(28,29)19-12-5-4-6-13-19/h4-15,25H,3H2,1-2H3. The van der Waals surface area contributed by atoms with Gasteiger partial charge in [0, 0.05) is 18.3 Å². The van der Waals surface area contributed by atoms with Gasteiger partial charge in [-0.15, -0.1) is 0 Å². The first-order valence-corrected chi connectivity index (χ1v) is 12.0. The summed E-state index contributed by atoms with van der Waals surface area (Å²) in [6.07, 6.45) is 0.888. The molecule has 0 aliphatic carbocycles. The summed E-state index contributed by atoms with van der Waals surface area (Å²) in [5.41, 5.74) is 2.88. The van der Waals surface area contributed by atoms with Crippen LogP contribution < -0.4 is 9.52 Å². The molecular formula is C23H21N3O3S2. The van der Waals surface area contributed by atoms with Crippen LogP contribution in [0.25, 0.3) is 10.2 Å². The molecule has 158 valence electrons. The van der Waals surface area contributed by atoms with Crippen molar-refractivity contribution >= 4 is 43.2 Å². The predicted octanol–water partition coefficient (Wildman–Crippen LogP) is 4.34. The third kappa shape index (κ3) is 4.30. The third-order valence-corrected chi connectivity index (χ3v) is 7.39. The Morgan fingerprint density at radius 3 is 2.52 bits per heavy atom. The quantitative estimate of drug-likeness (QED) is 0.490. The lowest BCUT2D eigenvalue weighted by Crippen LogP contribution is -2.15. The molecule has 0 saturated heterocycles. The molecule has 0 spiro atoms. The third-order valence-electron chi connectivity index (χ3n) is 4.90. The van der Waals surface area contributed by atoms with Gasteiger partial charge in [-0.3, -0.25) is 9.52 Å². The number of rotatable bonds is 5. The minimum Gasteiger partial charge on any atom is -0.319 e. The average molecular weight is 452 g/mol. The van der Waals surface area contributed by atoms with Crippen molar-refractivity contribution < 1.29 is 13.2 Å². The van der Waals surface area contributed by atoms with Gasteiger partial charge in [-0.1, -0.05) is 54.7 Å². The number of aromatic nitrogens is 1. The van der Waals surface area contributed by atoms with E-state index >= 15 is 0 Å². The highest BCUT2D eigenvalue weighted by Crippen LogP contribution is 2.22. The smallest absolute Gasteiger partial charge is 0.279 e. The molecule has 3 aromatic carbocycles. The molecule has 1 amide bonds. The minimum atomic E-state index is -3.74. The Bertz CT molecular complexity index is 1440. The largest absolute Gasteiger partial charge is 0.319 e. The molecule has 4 aromatic rings. The Morgan fingerprint density at radius 2 is 1.77 bits per heavy atom. The minimum absolute atomic E-state index is 0.153. The summed E-state index contributed by atoms with van der Waals surface area (Å²) in [5.74, 6) is -0.430. The highest BCUT2D eigenvalue weighted by atomic mass is 32.2. The molecule has 0 atom stereocenters. The van der Waals surface area contributed by atoms with E-state index in [4.69, 9.17) is 0 Å². The van der Waals surface area contributed by atoms with Crippen molar-refractivity contribution in [2.45, 2.75) is 18.2 Å². The lowest BCUT2D eigenvalue weighted by Gasteiger charge is -2.08. The lowest BCUT2D eigenvalue weighted by molar-refractivity contribution is 0.0998. The second-order valence-corrected chi connectivity index (χ2v) is 9.67. The van der Waals surface area contributed by atoms with Crippen LogP contribution in [0.1, 0.15) is 22.8 Å². The highest BCUT2D eigenvalue weighted by molar-refractivity contribution is 7.92. The van der Waals surface area contributed by atoms with E-state index in [9.17, 15) is 13.2 Å². The van der Waals surface area contributed by atoms with Crippen LogP contribution in [0.2, 0.25) is 0 Å². The first kappa shape index (κ1) is 21.0. The van der Waals surface area contributed by atoms with Gasteiger partial charge in [-0.25, -0.2) is 8.42 Å². The van der Waals surface area contributed by atoms with E-state index in [2.05, 4.69) is 22.7 Å². The number of nitrogens with zero attached hydrogens (tertiary/aromatic N) is 2. The second kappa shape index (κ2) is 8.49. The molecular weight excluding hydrogens is 430 g/mol. The normalized spacial score (nSPS) is 12.3. The van der Waals surface area contributed by atoms with E-state index in [1.807, 2.05) is 23.7 Å². The Balaban J connectivity index is 1.67. The highest BCUT2D eigenvalue weighted by Gasteiger charge is 2.15. The first-order chi connectivity index (χ1) is 14.9. The summed E-state index contributed by atoms with van der Waals surface area (Å²) in [6.45, 7) is 2.09. The molecule has 1 heterocycles. The number of benzene rings is 3. The van der Waals surface area contributed by atoms with Crippen molar-refractivity contribution in [1.82, 2.24) is 4.57 Å². The molecule has 1 N–H and O–H groups in total. The molecule has 4 rings (SSSR count). The number of anilines is 1. The summed E-state index contributed by atoms with van der Waals surface area (Å²) in [6, 6.07) is 20.5. The SMILES string of the molecule is CCc1cccc2sc(=NC(=O)c3cccc(NS(=O)(=O)c4ccccc4)c3)n(C)c12. The summed E-state index contributed by atoms with van der Waals surface area (Å²) in [5, 5.41) is 0. The number of sulfonamides is 1. The van der Waals surface area contributed by atoms with Gasteiger partial charge in [0.05, 0.1) is 15.1 Å². The number of aryl methyl sites for hydroxylation is 2. The first-order valence-electron chi connectivity index (χ1n) is 9.73. The molecule has 0 aliphatic heterocycles. The van der Waals surface area contributed by atoms with Gasteiger partial charge in [-0.05, 0) is 48.4 Å². The van der Waals surface area contributed by atoms with Gasteiger partial charge in [0.1, 0.15) is 0 Å². The van der Waals surface area contributed by atoms with Crippen LogP contribution >= 0.6 is 11.3 Å². The van der Waals surface area contributed by atoms with Crippen LogP contribution in [0.4, 0.5) is 5.69 Å². The van der Waals surface area contributed by atoms with E-state index < -0.39 is 15.9 Å². The lowest BCUT2D eigenvalue weighted by atomic mass is 10.1. The zero-order valence-corrected chi connectivity index (χ0v) is 18.7. The molecule has 0 saturated carbocycles. The van der Waals surface area contributed by atoms with E-state index in [1.165, 1.54) is 35.1 Å². The molecule has 0 radical (unpaired) electrons. The Morgan fingerprint density at radius 1 is 1.03 bits per heavy atom. The number of hydrogen-bond acceptors (Lipinski definition) is 4. The maximum atomic E-state index is 12.8. The fraction of sp³-hybridized carbons (Fsp3) is 0.130. The Hall–Kier alpha value is -3.23. The van der Waals surface area contributed by atoms with E-state index in [-0.39, 0.29) is 4.90 Å². The maximum Gasteiger partial charge on any atom is 0.279 e. The van der Waals surface area contributed by atoms with Crippen LogP contribution in [-0.4, -0.2) is 18.9 Å². The van der Waals surface area contributed by atoms with Crippen molar-refractivity contribution in [1.29, 1.82) is 0 Å². The predicted molar refractivity (Wildman–Crippen MR) is 124 cm³/mol. The Labute approximate surface area is 184 Å². The Kier molecular flexibility index (Phi) is 5.75. The van der Waals surface area contributed by atoms with Crippen molar-refractivity contribution in [3.05, 3.63) is 88.7 Å². The van der Waals surface area contributed by atoms with Crippen LogP contribution in [0.5, 0.6) is 0 Å².